The van der Waals surface area contributed by atoms with Crippen LogP contribution in [0.5, 0.6) is 11.5 Å². The smallest absolute Gasteiger partial charge is 0.356 e. The topological polar surface area (TPSA) is 96.8 Å². The van der Waals surface area contributed by atoms with Crippen LogP contribution in [0.4, 0.5) is 0 Å². The molecule has 26 heavy (non-hydrogen) atoms. The third-order valence-electron chi connectivity index (χ3n) is 4.00. The number of aromatic nitrogens is 1. The Kier molecular flexibility index (Phi) is 4.28. The molecule has 1 aliphatic rings. The van der Waals surface area contributed by atoms with Gasteiger partial charge in [0.15, 0.2) is 11.5 Å². The van der Waals surface area contributed by atoms with E-state index >= 15 is 0 Å². The predicted octanol–water partition coefficient (Wildman–Crippen LogP) is 3.20. The highest BCUT2D eigenvalue weighted by molar-refractivity contribution is 5.90. The van der Waals surface area contributed by atoms with Crippen molar-refractivity contribution in [1.29, 1.82) is 0 Å². The Labute approximate surface area is 149 Å². The number of ether oxygens (including phenoxy) is 2. The van der Waals surface area contributed by atoms with Gasteiger partial charge in [0.25, 0.3) is 0 Å². The summed E-state index contributed by atoms with van der Waals surface area (Å²) in [6.45, 7) is 1.26. The molecular formula is C19H16N2O5. The van der Waals surface area contributed by atoms with Crippen molar-refractivity contribution in [2.75, 3.05) is 13.2 Å². The number of carbonyl (C=O) groups is 1. The molecule has 0 fully saturated rings. The molecule has 0 radical (unpaired) electrons. The van der Waals surface area contributed by atoms with Crippen molar-refractivity contribution in [1.82, 2.24) is 4.98 Å². The number of nitrogens with zero attached hydrogens (tertiary/aromatic N) is 1. The van der Waals surface area contributed by atoms with Crippen molar-refractivity contribution >= 4 is 5.97 Å². The summed E-state index contributed by atoms with van der Waals surface area (Å²) in [6.07, 6.45) is 2.41. The standard InChI is InChI=1S/C19H16N2O5/c20-26-19(22)14-4-1-3-13(9-14)18-21-15(11-25-18)12-5-6-16-17(10-12)24-8-2-7-23-16/h1,3-6,9-11H,2,7-8,20H2. The summed E-state index contributed by atoms with van der Waals surface area (Å²) >= 11 is 0. The van der Waals surface area contributed by atoms with Gasteiger partial charge in [-0.15, -0.1) is 0 Å². The minimum atomic E-state index is -0.624. The lowest BCUT2D eigenvalue weighted by molar-refractivity contribution is 0.0503. The van der Waals surface area contributed by atoms with E-state index in [1.807, 2.05) is 18.2 Å². The zero-order valence-corrected chi connectivity index (χ0v) is 13.8. The van der Waals surface area contributed by atoms with Crippen LogP contribution in [-0.2, 0) is 4.84 Å². The first-order chi connectivity index (χ1) is 12.7. The quantitative estimate of drug-likeness (QED) is 0.723. The molecule has 1 aliphatic heterocycles. The zero-order valence-electron chi connectivity index (χ0n) is 13.8. The van der Waals surface area contributed by atoms with Gasteiger partial charge >= 0.3 is 5.97 Å². The van der Waals surface area contributed by atoms with Crippen LogP contribution in [0.25, 0.3) is 22.7 Å². The second-order valence-corrected chi connectivity index (χ2v) is 5.74. The second kappa shape index (κ2) is 6.89. The van der Waals surface area contributed by atoms with Crippen molar-refractivity contribution < 1.29 is 23.5 Å². The van der Waals surface area contributed by atoms with Gasteiger partial charge in [-0.25, -0.2) is 9.78 Å². The molecule has 2 heterocycles. The Hall–Kier alpha value is -3.32. The summed E-state index contributed by atoms with van der Waals surface area (Å²) in [5.74, 6) is 6.11. The SMILES string of the molecule is NOC(=O)c1cccc(-c2nc(-c3ccc4c(c3)OCCCO4)co2)c1. The van der Waals surface area contributed by atoms with Gasteiger partial charge in [0.05, 0.1) is 18.8 Å². The average molecular weight is 352 g/mol. The lowest BCUT2D eigenvalue weighted by Gasteiger charge is -2.07. The molecule has 7 heteroatoms. The van der Waals surface area contributed by atoms with Crippen LogP contribution in [0.3, 0.4) is 0 Å². The molecule has 0 atom stereocenters. The average Bonchev–Trinajstić information content (AvgIpc) is 3.06. The first kappa shape index (κ1) is 16.2. The summed E-state index contributed by atoms with van der Waals surface area (Å²) in [4.78, 5) is 20.3. The van der Waals surface area contributed by atoms with Crippen molar-refractivity contribution in [3.05, 3.63) is 54.3 Å². The highest BCUT2D eigenvalue weighted by Gasteiger charge is 2.15. The maximum Gasteiger partial charge on any atom is 0.356 e. The molecule has 0 aliphatic carbocycles. The number of fused-ring (bicyclic) bond motifs is 1. The van der Waals surface area contributed by atoms with Crippen molar-refractivity contribution in [3.63, 3.8) is 0 Å². The van der Waals surface area contributed by atoms with Crippen LogP contribution in [0, 0.1) is 0 Å². The predicted molar refractivity (Wildman–Crippen MR) is 92.6 cm³/mol. The van der Waals surface area contributed by atoms with E-state index < -0.39 is 5.97 Å². The molecule has 0 unspecified atom stereocenters. The van der Waals surface area contributed by atoms with E-state index in [9.17, 15) is 4.79 Å². The number of oxazole rings is 1. The van der Waals surface area contributed by atoms with E-state index in [0.29, 0.717) is 41.7 Å². The molecule has 0 spiro atoms. The van der Waals surface area contributed by atoms with Crippen molar-refractivity contribution in [2.24, 2.45) is 5.90 Å². The van der Waals surface area contributed by atoms with Gasteiger partial charge in [-0.3, -0.25) is 0 Å². The van der Waals surface area contributed by atoms with Crippen LogP contribution in [-0.4, -0.2) is 24.2 Å². The summed E-state index contributed by atoms with van der Waals surface area (Å²) in [5.41, 5.74) is 2.47. The molecule has 0 saturated heterocycles. The molecule has 4 rings (SSSR count). The van der Waals surface area contributed by atoms with Gasteiger partial charge in [0, 0.05) is 17.5 Å². The normalized spacial score (nSPS) is 13.1. The largest absolute Gasteiger partial charge is 0.490 e. The van der Waals surface area contributed by atoms with Crippen LogP contribution in [0.1, 0.15) is 16.8 Å². The number of rotatable bonds is 3. The fourth-order valence-electron chi connectivity index (χ4n) is 2.71. The first-order valence-electron chi connectivity index (χ1n) is 8.11. The Bertz CT molecular complexity index is 951. The van der Waals surface area contributed by atoms with Gasteiger partial charge in [-0.1, -0.05) is 6.07 Å². The van der Waals surface area contributed by atoms with Gasteiger partial charge < -0.3 is 18.7 Å². The fraction of sp³-hybridized carbons (Fsp3) is 0.158. The third-order valence-corrected chi connectivity index (χ3v) is 4.00. The first-order valence-corrected chi connectivity index (χ1v) is 8.11. The van der Waals surface area contributed by atoms with Gasteiger partial charge in [-0.2, -0.15) is 5.90 Å². The van der Waals surface area contributed by atoms with Crippen molar-refractivity contribution in [2.45, 2.75) is 6.42 Å². The van der Waals surface area contributed by atoms with E-state index in [2.05, 4.69) is 9.82 Å². The number of benzene rings is 2. The Morgan fingerprint density at radius 1 is 1.04 bits per heavy atom. The summed E-state index contributed by atoms with van der Waals surface area (Å²) in [6, 6.07) is 12.4. The Morgan fingerprint density at radius 2 is 1.88 bits per heavy atom. The lowest BCUT2D eigenvalue weighted by Crippen LogP contribution is -2.09. The Morgan fingerprint density at radius 3 is 2.73 bits per heavy atom. The third kappa shape index (κ3) is 3.12. The zero-order chi connectivity index (χ0) is 17.9. The lowest BCUT2D eigenvalue weighted by atomic mass is 10.1. The molecule has 2 N–H and O–H groups in total. The highest BCUT2D eigenvalue weighted by atomic mass is 16.7. The number of nitrogens with two attached hydrogens (primary N) is 1. The van der Waals surface area contributed by atoms with Crippen LogP contribution < -0.4 is 15.4 Å². The maximum atomic E-state index is 11.6. The molecular weight excluding hydrogens is 336 g/mol. The number of hydrogen-bond donors (Lipinski definition) is 1. The summed E-state index contributed by atoms with van der Waals surface area (Å²) < 4.78 is 16.9. The molecule has 7 nitrogen and oxygen atoms in total. The fourth-order valence-corrected chi connectivity index (χ4v) is 2.71. The number of carbonyl (C=O) groups excluding carboxylic acids is 1. The van der Waals surface area contributed by atoms with E-state index in [-0.39, 0.29) is 0 Å². The van der Waals surface area contributed by atoms with Crippen LogP contribution >= 0.6 is 0 Å². The Balaban J connectivity index is 1.64. The van der Waals surface area contributed by atoms with Gasteiger partial charge in [0.1, 0.15) is 12.0 Å². The minimum Gasteiger partial charge on any atom is -0.490 e. The molecule has 0 bridgehead atoms. The van der Waals surface area contributed by atoms with Crippen LogP contribution in [0.2, 0.25) is 0 Å². The van der Waals surface area contributed by atoms with Gasteiger partial charge in [-0.05, 0) is 36.4 Å². The second-order valence-electron chi connectivity index (χ2n) is 5.74. The van der Waals surface area contributed by atoms with Gasteiger partial charge in [0.2, 0.25) is 5.89 Å². The molecule has 0 saturated carbocycles. The van der Waals surface area contributed by atoms with Crippen molar-refractivity contribution in [3.8, 4) is 34.2 Å². The highest BCUT2D eigenvalue weighted by Crippen LogP contribution is 2.34. The summed E-state index contributed by atoms with van der Waals surface area (Å²) in [7, 11) is 0. The monoisotopic (exact) mass is 352 g/mol. The van der Waals surface area contributed by atoms with Crippen LogP contribution in [0.15, 0.2) is 53.1 Å². The minimum absolute atomic E-state index is 0.320. The van der Waals surface area contributed by atoms with E-state index in [0.717, 1.165) is 17.7 Å². The summed E-state index contributed by atoms with van der Waals surface area (Å²) in [5, 5.41) is 0. The van der Waals surface area contributed by atoms with E-state index in [1.54, 1.807) is 30.5 Å². The number of hydrogen-bond acceptors (Lipinski definition) is 7. The maximum absolute atomic E-state index is 11.6. The molecule has 2 aromatic carbocycles. The molecule has 132 valence electrons. The molecule has 3 aromatic rings. The van der Waals surface area contributed by atoms with E-state index in [1.165, 1.54) is 0 Å². The molecule has 0 amide bonds. The molecule has 1 aromatic heterocycles. The van der Waals surface area contributed by atoms with E-state index in [4.69, 9.17) is 19.8 Å².